The summed E-state index contributed by atoms with van der Waals surface area (Å²) in [7, 11) is 0. The van der Waals surface area contributed by atoms with Gasteiger partial charge in [-0.15, -0.1) is 0 Å². The molecular weight excluding hydrogens is 316 g/mol. The first-order valence-corrected chi connectivity index (χ1v) is 7.48. The van der Waals surface area contributed by atoms with E-state index in [1.54, 1.807) is 6.20 Å². The van der Waals surface area contributed by atoms with Gasteiger partial charge in [-0.1, -0.05) is 30.7 Å². The number of aryl methyl sites for hydroxylation is 1. The molecule has 20 heavy (non-hydrogen) atoms. The lowest BCUT2D eigenvalue weighted by Gasteiger charge is -2.19. The summed E-state index contributed by atoms with van der Waals surface area (Å²) in [5.41, 5.74) is 9.85. The molecule has 1 heterocycles. The highest BCUT2D eigenvalue weighted by molar-refractivity contribution is 9.10. The third kappa shape index (κ3) is 2.38. The lowest BCUT2D eigenvalue weighted by molar-refractivity contribution is 0.539. The van der Waals surface area contributed by atoms with Crippen LogP contribution in [0.5, 0.6) is 0 Å². The summed E-state index contributed by atoms with van der Waals surface area (Å²) in [5, 5.41) is 3.42. The number of anilines is 2. The number of aromatic nitrogens is 2. The number of fused-ring (bicyclic) bond motifs is 1. The first-order chi connectivity index (χ1) is 9.54. The SMILES string of the molecule is Cc1ccc2c(c1)[C@H](Nc1ncc(Br)c(N)n1)[C@@H](C)C2. The summed E-state index contributed by atoms with van der Waals surface area (Å²) in [4.78, 5) is 8.56. The molecule has 0 saturated carbocycles. The Kier molecular flexibility index (Phi) is 3.38. The van der Waals surface area contributed by atoms with Gasteiger partial charge in [0.05, 0.1) is 10.5 Å². The molecule has 3 rings (SSSR count). The van der Waals surface area contributed by atoms with E-state index in [-0.39, 0.29) is 6.04 Å². The zero-order valence-electron chi connectivity index (χ0n) is 11.5. The van der Waals surface area contributed by atoms with Gasteiger partial charge in [-0.05, 0) is 46.3 Å². The molecule has 5 heteroatoms. The Morgan fingerprint density at radius 1 is 1.40 bits per heavy atom. The highest BCUT2D eigenvalue weighted by atomic mass is 79.9. The number of nitrogen functional groups attached to an aromatic ring is 1. The third-order valence-electron chi connectivity index (χ3n) is 3.80. The van der Waals surface area contributed by atoms with Gasteiger partial charge >= 0.3 is 0 Å². The van der Waals surface area contributed by atoms with Gasteiger partial charge in [-0.25, -0.2) is 4.98 Å². The molecule has 0 fully saturated rings. The minimum atomic E-state index is 0.241. The highest BCUT2D eigenvalue weighted by Gasteiger charge is 2.29. The predicted octanol–water partition coefficient (Wildman–Crippen LogP) is 3.48. The second kappa shape index (κ2) is 5.05. The van der Waals surface area contributed by atoms with Crippen molar-refractivity contribution in [3.8, 4) is 0 Å². The van der Waals surface area contributed by atoms with E-state index >= 15 is 0 Å². The molecule has 1 aromatic carbocycles. The van der Waals surface area contributed by atoms with Crippen LogP contribution >= 0.6 is 15.9 Å². The van der Waals surface area contributed by atoms with Crippen molar-refractivity contribution in [3.63, 3.8) is 0 Å². The van der Waals surface area contributed by atoms with E-state index in [0.717, 1.165) is 10.9 Å². The Balaban J connectivity index is 1.91. The number of hydrogen-bond donors (Lipinski definition) is 2. The Morgan fingerprint density at radius 3 is 2.95 bits per heavy atom. The van der Waals surface area contributed by atoms with Crippen molar-refractivity contribution >= 4 is 27.7 Å². The van der Waals surface area contributed by atoms with E-state index in [1.165, 1.54) is 16.7 Å². The fraction of sp³-hybridized carbons (Fsp3) is 0.333. The smallest absolute Gasteiger partial charge is 0.225 e. The van der Waals surface area contributed by atoms with Crippen LogP contribution in [0.25, 0.3) is 0 Å². The van der Waals surface area contributed by atoms with Crippen molar-refractivity contribution < 1.29 is 0 Å². The van der Waals surface area contributed by atoms with Crippen molar-refractivity contribution in [3.05, 3.63) is 45.6 Å². The Hall–Kier alpha value is -1.62. The van der Waals surface area contributed by atoms with E-state index in [9.17, 15) is 0 Å². The number of rotatable bonds is 2. The molecule has 0 bridgehead atoms. The minimum Gasteiger partial charge on any atom is -0.383 e. The first kappa shape index (κ1) is 13.4. The lowest BCUT2D eigenvalue weighted by atomic mass is 10.0. The van der Waals surface area contributed by atoms with Crippen molar-refractivity contribution in [2.45, 2.75) is 26.3 Å². The molecule has 0 unspecified atom stereocenters. The average molecular weight is 333 g/mol. The number of nitrogens with two attached hydrogens (primary N) is 1. The van der Waals surface area contributed by atoms with Crippen LogP contribution in [0.1, 0.15) is 29.7 Å². The molecule has 0 radical (unpaired) electrons. The van der Waals surface area contributed by atoms with Crippen LogP contribution in [-0.2, 0) is 6.42 Å². The summed E-state index contributed by atoms with van der Waals surface area (Å²) in [6.45, 7) is 4.36. The van der Waals surface area contributed by atoms with Gasteiger partial charge in [-0.3, -0.25) is 0 Å². The summed E-state index contributed by atoms with van der Waals surface area (Å²) in [5.74, 6) is 1.55. The summed E-state index contributed by atoms with van der Waals surface area (Å²) < 4.78 is 0.721. The fourth-order valence-corrected chi connectivity index (χ4v) is 2.96. The van der Waals surface area contributed by atoms with E-state index in [2.05, 4.69) is 63.3 Å². The molecule has 0 saturated heterocycles. The van der Waals surface area contributed by atoms with Crippen LogP contribution in [0.2, 0.25) is 0 Å². The van der Waals surface area contributed by atoms with Gasteiger partial charge in [0, 0.05) is 6.20 Å². The van der Waals surface area contributed by atoms with Crippen LogP contribution in [0.3, 0.4) is 0 Å². The molecule has 2 aromatic rings. The Morgan fingerprint density at radius 2 is 2.20 bits per heavy atom. The number of nitrogens with zero attached hydrogens (tertiary/aromatic N) is 2. The molecule has 104 valence electrons. The van der Waals surface area contributed by atoms with Crippen molar-refractivity contribution in [2.24, 2.45) is 5.92 Å². The summed E-state index contributed by atoms with van der Waals surface area (Å²) >= 11 is 3.31. The maximum Gasteiger partial charge on any atom is 0.225 e. The van der Waals surface area contributed by atoms with Crippen LogP contribution in [-0.4, -0.2) is 9.97 Å². The molecule has 1 aromatic heterocycles. The molecule has 2 atom stereocenters. The van der Waals surface area contributed by atoms with Crippen molar-refractivity contribution in [2.75, 3.05) is 11.1 Å². The van der Waals surface area contributed by atoms with Crippen molar-refractivity contribution in [1.29, 1.82) is 0 Å². The van der Waals surface area contributed by atoms with Crippen LogP contribution in [0.15, 0.2) is 28.9 Å². The number of hydrogen-bond acceptors (Lipinski definition) is 4. The first-order valence-electron chi connectivity index (χ1n) is 6.68. The lowest BCUT2D eigenvalue weighted by Crippen LogP contribution is -2.16. The predicted molar refractivity (Wildman–Crippen MR) is 84.6 cm³/mol. The zero-order valence-corrected chi connectivity index (χ0v) is 13.1. The molecule has 0 spiro atoms. The molecular formula is C15H17BrN4. The van der Waals surface area contributed by atoms with Crippen molar-refractivity contribution in [1.82, 2.24) is 9.97 Å². The quantitative estimate of drug-likeness (QED) is 0.883. The van der Waals surface area contributed by atoms with Crippen LogP contribution in [0.4, 0.5) is 11.8 Å². The molecule has 1 aliphatic carbocycles. The van der Waals surface area contributed by atoms with Gasteiger partial charge in [0.2, 0.25) is 5.95 Å². The number of nitrogens with one attached hydrogen (secondary N) is 1. The minimum absolute atomic E-state index is 0.241. The molecule has 0 amide bonds. The van der Waals surface area contributed by atoms with Crippen LogP contribution < -0.4 is 11.1 Å². The zero-order chi connectivity index (χ0) is 14.3. The van der Waals surface area contributed by atoms with E-state index in [4.69, 9.17) is 5.73 Å². The Bertz CT molecular complexity index is 656. The normalized spacial score (nSPS) is 20.8. The van der Waals surface area contributed by atoms with Crippen LogP contribution in [0, 0.1) is 12.8 Å². The average Bonchev–Trinajstić information content (AvgIpc) is 2.70. The third-order valence-corrected chi connectivity index (χ3v) is 4.41. The summed E-state index contributed by atoms with van der Waals surface area (Å²) in [6, 6.07) is 6.88. The van der Waals surface area contributed by atoms with Gasteiger partial charge in [0.15, 0.2) is 0 Å². The standard InChI is InChI=1S/C15H17BrN4/c1-8-3-4-10-6-9(2)13(11(10)5-8)19-15-18-7-12(16)14(17)20-15/h3-5,7,9,13H,6H2,1-2H3,(H3,17,18,19,20)/t9-,13+/m0/s1. The highest BCUT2D eigenvalue weighted by Crippen LogP contribution is 2.38. The largest absolute Gasteiger partial charge is 0.383 e. The second-order valence-corrected chi connectivity index (χ2v) is 6.29. The van der Waals surface area contributed by atoms with Gasteiger partial charge in [0.25, 0.3) is 0 Å². The molecule has 0 aliphatic heterocycles. The second-order valence-electron chi connectivity index (χ2n) is 5.43. The van der Waals surface area contributed by atoms with E-state index in [0.29, 0.717) is 17.7 Å². The number of benzene rings is 1. The Labute approximate surface area is 127 Å². The van der Waals surface area contributed by atoms with Gasteiger partial charge in [-0.2, -0.15) is 4.98 Å². The van der Waals surface area contributed by atoms with E-state index in [1.807, 2.05) is 0 Å². The van der Waals surface area contributed by atoms with E-state index < -0.39 is 0 Å². The van der Waals surface area contributed by atoms with Gasteiger partial charge in [0.1, 0.15) is 5.82 Å². The number of halogens is 1. The maximum atomic E-state index is 5.81. The topological polar surface area (TPSA) is 63.8 Å². The monoisotopic (exact) mass is 332 g/mol. The fourth-order valence-electron chi connectivity index (χ4n) is 2.77. The molecule has 4 nitrogen and oxygen atoms in total. The molecule has 3 N–H and O–H groups in total. The van der Waals surface area contributed by atoms with Gasteiger partial charge < -0.3 is 11.1 Å². The maximum absolute atomic E-state index is 5.81. The molecule has 1 aliphatic rings. The summed E-state index contributed by atoms with van der Waals surface area (Å²) in [6.07, 6.45) is 2.76.